The van der Waals surface area contributed by atoms with E-state index in [1.54, 1.807) is 28.9 Å². The third kappa shape index (κ3) is 2.96. The van der Waals surface area contributed by atoms with Gasteiger partial charge in [0.05, 0.1) is 12.3 Å². The molecule has 2 aromatic heterocycles. The van der Waals surface area contributed by atoms with Crippen LogP contribution in [0.2, 0.25) is 0 Å². The Morgan fingerprint density at radius 1 is 1.30 bits per heavy atom. The molecule has 0 spiro atoms. The highest BCUT2D eigenvalue weighted by atomic mass is 16.5. The number of hydrogen-bond donors (Lipinski definition) is 2. The van der Waals surface area contributed by atoms with Crippen LogP contribution in [0.1, 0.15) is 23.0 Å². The molecule has 2 heterocycles. The van der Waals surface area contributed by atoms with Gasteiger partial charge < -0.3 is 15.2 Å². The first kappa shape index (κ1) is 14.9. The number of nitrogens with one attached hydrogen (secondary N) is 1. The molecule has 23 heavy (non-hydrogen) atoms. The van der Waals surface area contributed by atoms with E-state index < -0.39 is 5.97 Å². The van der Waals surface area contributed by atoms with E-state index in [0.29, 0.717) is 24.5 Å². The first-order valence-corrected chi connectivity index (χ1v) is 7.34. The number of hydrogen-bond acceptors (Lipinski definition) is 4. The van der Waals surface area contributed by atoms with E-state index in [1.165, 1.54) is 0 Å². The number of anilines is 1. The molecule has 0 unspecified atom stereocenters. The van der Waals surface area contributed by atoms with Crippen LogP contribution < -0.4 is 10.1 Å². The molecule has 0 bridgehead atoms. The molecule has 0 amide bonds. The van der Waals surface area contributed by atoms with Gasteiger partial charge in [0, 0.05) is 24.5 Å². The Kier molecular flexibility index (Phi) is 4.14. The predicted octanol–water partition coefficient (Wildman–Crippen LogP) is 3.04. The molecule has 3 rings (SSSR count). The number of aromatic nitrogens is 2. The number of imidazole rings is 1. The first-order valence-electron chi connectivity index (χ1n) is 7.34. The van der Waals surface area contributed by atoms with Gasteiger partial charge >= 0.3 is 5.97 Å². The third-order valence-corrected chi connectivity index (χ3v) is 3.51. The fourth-order valence-electron chi connectivity index (χ4n) is 2.49. The zero-order valence-electron chi connectivity index (χ0n) is 12.7. The lowest BCUT2D eigenvalue weighted by molar-refractivity contribution is 0.0690. The maximum absolute atomic E-state index is 11.6. The predicted molar refractivity (Wildman–Crippen MR) is 87.1 cm³/mol. The van der Waals surface area contributed by atoms with Crippen LogP contribution in [0.4, 0.5) is 5.69 Å². The zero-order chi connectivity index (χ0) is 16.2. The molecule has 2 N–H and O–H groups in total. The number of carboxylic acids is 1. The van der Waals surface area contributed by atoms with Gasteiger partial charge in [-0.25, -0.2) is 9.78 Å². The van der Waals surface area contributed by atoms with E-state index in [0.717, 1.165) is 11.3 Å². The van der Waals surface area contributed by atoms with E-state index in [-0.39, 0.29) is 5.69 Å². The highest BCUT2D eigenvalue weighted by Gasteiger charge is 2.15. The van der Waals surface area contributed by atoms with Gasteiger partial charge in [-0.2, -0.15) is 0 Å². The minimum Gasteiger partial charge on any atom is -0.494 e. The van der Waals surface area contributed by atoms with Gasteiger partial charge in [-0.3, -0.25) is 4.40 Å². The molecule has 3 aromatic rings. The SMILES string of the molecule is CCOc1ccccc1CNc1ccc2nccn2c1C(=O)O. The second-order valence-corrected chi connectivity index (χ2v) is 4.95. The lowest BCUT2D eigenvalue weighted by atomic mass is 10.2. The molecular formula is C17H17N3O3. The van der Waals surface area contributed by atoms with Crippen LogP contribution in [0, 0.1) is 0 Å². The summed E-state index contributed by atoms with van der Waals surface area (Å²) in [6.45, 7) is 2.98. The minimum atomic E-state index is -1.01. The Hall–Kier alpha value is -3.02. The van der Waals surface area contributed by atoms with Crippen molar-refractivity contribution in [3.05, 3.63) is 60.0 Å². The summed E-state index contributed by atoms with van der Waals surface area (Å²) in [6.07, 6.45) is 3.22. The van der Waals surface area contributed by atoms with Crippen LogP contribution >= 0.6 is 0 Å². The lowest BCUT2D eigenvalue weighted by Gasteiger charge is -2.14. The van der Waals surface area contributed by atoms with E-state index in [1.807, 2.05) is 31.2 Å². The smallest absolute Gasteiger partial charge is 0.355 e. The average Bonchev–Trinajstić information content (AvgIpc) is 3.02. The van der Waals surface area contributed by atoms with Crippen molar-refractivity contribution in [2.24, 2.45) is 0 Å². The van der Waals surface area contributed by atoms with Gasteiger partial charge in [0.2, 0.25) is 0 Å². The summed E-state index contributed by atoms with van der Waals surface area (Å²) in [6, 6.07) is 11.2. The normalized spacial score (nSPS) is 10.7. The molecular weight excluding hydrogens is 294 g/mol. The van der Waals surface area contributed by atoms with E-state index in [2.05, 4.69) is 10.3 Å². The van der Waals surface area contributed by atoms with Crippen molar-refractivity contribution in [3.63, 3.8) is 0 Å². The Labute approximate surface area is 133 Å². The molecule has 0 saturated heterocycles. The fourth-order valence-corrected chi connectivity index (χ4v) is 2.49. The van der Waals surface area contributed by atoms with Crippen molar-refractivity contribution in [1.29, 1.82) is 0 Å². The molecule has 6 nitrogen and oxygen atoms in total. The molecule has 118 valence electrons. The van der Waals surface area contributed by atoms with Crippen molar-refractivity contribution in [1.82, 2.24) is 9.38 Å². The molecule has 0 saturated carbocycles. The number of carboxylic acid groups (broad SMARTS) is 1. The summed E-state index contributed by atoms with van der Waals surface area (Å²) in [5.74, 6) is -0.211. The lowest BCUT2D eigenvalue weighted by Crippen LogP contribution is -2.11. The van der Waals surface area contributed by atoms with Crippen LogP contribution in [-0.2, 0) is 6.54 Å². The fraction of sp³-hybridized carbons (Fsp3) is 0.176. The molecule has 0 aliphatic rings. The largest absolute Gasteiger partial charge is 0.494 e. The number of rotatable bonds is 6. The average molecular weight is 311 g/mol. The van der Waals surface area contributed by atoms with Gasteiger partial charge in [0.1, 0.15) is 11.4 Å². The van der Waals surface area contributed by atoms with Crippen molar-refractivity contribution in [2.75, 3.05) is 11.9 Å². The molecule has 6 heteroatoms. The topological polar surface area (TPSA) is 75.9 Å². The van der Waals surface area contributed by atoms with Gasteiger partial charge in [-0.05, 0) is 25.1 Å². The van der Waals surface area contributed by atoms with Crippen LogP contribution in [0.25, 0.3) is 5.65 Å². The molecule has 0 aliphatic heterocycles. The van der Waals surface area contributed by atoms with Gasteiger partial charge in [-0.15, -0.1) is 0 Å². The van der Waals surface area contributed by atoms with Crippen LogP contribution in [-0.4, -0.2) is 27.1 Å². The zero-order valence-corrected chi connectivity index (χ0v) is 12.7. The van der Waals surface area contributed by atoms with Crippen molar-refractivity contribution >= 4 is 17.3 Å². The van der Waals surface area contributed by atoms with Gasteiger partial charge in [0.15, 0.2) is 5.69 Å². The van der Waals surface area contributed by atoms with Crippen LogP contribution in [0.5, 0.6) is 5.75 Å². The summed E-state index contributed by atoms with van der Waals surface area (Å²) in [5, 5.41) is 12.7. The number of carbonyl (C=O) groups is 1. The van der Waals surface area contributed by atoms with Crippen LogP contribution in [0.15, 0.2) is 48.8 Å². The Morgan fingerprint density at radius 2 is 2.13 bits per heavy atom. The molecule has 1 aromatic carbocycles. The summed E-state index contributed by atoms with van der Waals surface area (Å²) in [5.41, 5.74) is 2.27. The van der Waals surface area contributed by atoms with E-state index >= 15 is 0 Å². The Morgan fingerprint density at radius 3 is 2.91 bits per heavy atom. The molecule has 0 radical (unpaired) electrons. The quantitative estimate of drug-likeness (QED) is 0.732. The second-order valence-electron chi connectivity index (χ2n) is 4.95. The summed E-state index contributed by atoms with van der Waals surface area (Å²) < 4.78 is 7.14. The summed E-state index contributed by atoms with van der Waals surface area (Å²) >= 11 is 0. The Bertz CT molecular complexity index is 842. The maximum Gasteiger partial charge on any atom is 0.355 e. The summed E-state index contributed by atoms with van der Waals surface area (Å²) in [7, 11) is 0. The van der Waals surface area contributed by atoms with Crippen molar-refractivity contribution < 1.29 is 14.6 Å². The number of aromatic carboxylic acids is 1. The number of fused-ring (bicyclic) bond motifs is 1. The molecule has 0 aliphatic carbocycles. The highest BCUT2D eigenvalue weighted by molar-refractivity contribution is 5.93. The first-order chi connectivity index (χ1) is 11.2. The molecule has 0 fully saturated rings. The standard InChI is InChI=1S/C17H17N3O3/c1-2-23-14-6-4-3-5-12(14)11-19-13-7-8-15-18-9-10-20(15)16(13)17(21)22/h3-10,19H,2,11H2,1H3,(H,21,22). The maximum atomic E-state index is 11.6. The van der Waals surface area contributed by atoms with Crippen molar-refractivity contribution in [2.45, 2.75) is 13.5 Å². The number of nitrogens with zero attached hydrogens (tertiary/aromatic N) is 2. The van der Waals surface area contributed by atoms with Gasteiger partial charge in [-0.1, -0.05) is 18.2 Å². The minimum absolute atomic E-state index is 0.161. The Balaban J connectivity index is 1.90. The summed E-state index contributed by atoms with van der Waals surface area (Å²) in [4.78, 5) is 15.7. The monoisotopic (exact) mass is 311 g/mol. The van der Waals surface area contributed by atoms with Crippen molar-refractivity contribution in [3.8, 4) is 5.75 Å². The van der Waals surface area contributed by atoms with Crippen LogP contribution in [0.3, 0.4) is 0 Å². The van der Waals surface area contributed by atoms with E-state index in [9.17, 15) is 9.90 Å². The molecule has 0 atom stereocenters. The number of benzene rings is 1. The third-order valence-electron chi connectivity index (χ3n) is 3.51. The van der Waals surface area contributed by atoms with E-state index in [4.69, 9.17) is 4.74 Å². The van der Waals surface area contributed by atoms with Gasteiger partial charge in [0.25, 0.3) is 0 Å². The highest BCUT2D eigenvalue weighted by Crippen LogP contribution is 2.22. The number of ether oxygens (including phenoxy) is 1. The second kappa shape index (κ2) is 6.39. The number of pyridine rings is 1. The number of para-hydroxylation sites is 1.